The summed E-state index contributed by atoms with van der Waals surface area (Å²) in [6.45, 7) is 6.14. The first-order chi connectivity index (χ1) is 15.4. The van der Waals surface area contributed by atoms with Crippen molar-refractivity contribution in [3.8, 4) is 0 Å². The van der Waals surface area contributed by atoms with Crippen LogP contribution in [-0.2, 0) is 16.0 Å². The number of carbonyl (C=O) groups is 2. The third-order valence-electron chi connectivity index (χ3n) is 5.66. The van der Waals surface area contributed by atoms with E-state index in [2.05, 4.69) is 10.3 Å². The highest BCUT2D eigenvalue weighted by Crippen LogP contribution is 2.28. The van der Waals surface area contributed by atoms with Crippen molar-refractivity contribution < 1.29 is 14.0 Å². The summed E-state index contributed by atoms with van der Waals surface area (Å²) in [4.78, 5) is 32.9. The molecule has 0 aliphatic carbocycles. The van der Waals surface area contributed by atoms with Crippen LogP contribution in [0, 0.1) is 11.7 Å². The fourth-order valence-electron chi connectivity index (χ4n) is 3.74. The minimum Gasteiger partial charge on any atom is -0.366 e. The molecule has 0 atom stereocenters. The first-order valence-corrected chi connectivity index (χ1v) is 11.7. The lowest BCUT2D eigenvalue weighted by molar-refractivity contribution is -0.131. The topological polar surface area (TPSA) is 65.5 Å². The second-order valence-corrected chi connectivity index (χ2v) is 9.31. The van der Waals surface area contributed by atoms with Crippen LogP contribution in [0.15, 0.2) is 42.5 Å². The molecule has 1 aliphatic rings. The van der Waals surface area contributed by atoms with Gasteiger partial charge in [-0.15, -0.1) is 0 Å². The predicted molar refractivity (Wildman–Crippen MR) is 127 cm³/mol. The molecule has 4 rings (SSSR count). The summed E-state index contributed by atoms with van der Waals surface area (Å²) in [5.74, 6) is -0.257. The van der Waals surface area contributed by atoms with Crippen molar-refractivity contribution in [1.82, 2.24) is 9.88 Å². The number of fused-ring (bicyclic) bond motifs is 1. The molecule has 0 spiro atoms. The fourth-order valence-corrected chi connectivity index (χ4v) is 4.67. The Hall–Kier alpha value is -3.00. The second kappa shape index (κ2) is 9.65. The Balaban J connectivity index is 1.31. The SMILES string of the molecule is CC(C)C(=O)Nc1nc2ccc(CCC(=O)N3CCN(c4ccccc4F)CC3)cc2s1. The van der Waals surface area contributed by atoms with E-state index in [1.807, 2.05) is 47.9 Å². The van der Waals surface area contributed by atoms with Crippen LogP contribution >= 0.6 is 11.3 Å². The molecule has 1 aliphatic heterocycles. The van der Waals surface area contributed by atoms with Gasteiger partial charge >= 0.3 is 0 Å². The minimum atomic E-state index is -0.224. The van der Waals surface area contributed by atoms with Crippen LogP contribution in [0.2, 0.25) is 0 Å². The van der Waals surface area contributed by atoms with Crippen molar-refractivity contribution in [2.75, 3.05) is 36.4 Å². The van der Waals surface area contributed by atoms with E-state index in [9.17, 15) is 14.0 Å². The summed E-state index contributed by atoms with van der Waals surface area (Å²) in [5.41, 5.74) is 2.51. The monoisotopic (exact) mass is 454 g/mol. The number of nitrogens with one attached hydrogen (secondary N) is 1. The van der Waals surface area contributed by atoms with Crippen LogP contribution in [0.4, 0.5) is 15.2 Å². The first-order valence-electron chi connectivity index (χ1n) is 10.9. The maximum atomic E-state index is 14.0. The lowest BCUT2D eigenvalue weighted by Gasteiger charge is -2.36. The highest BCUT2D eigenvalue weighted by atomic mass is 32.1. The van der Waals surface area contributed by atoms with Crippen molar-refractivity contribution >= 4 is 44.2 Å². The number of aromatic nitrogens is 1. The van der Waals surface area contributed by atoms with Crippen LogP contribution in [-0.4, -0.2) is 47.9 Å². The predicted octanol–water partition coefficient (Wildman–Crippen LogP) is 4.31. The zero-order valence-corrected chi connectivity index (χ0v) is 19.1. The number of amides is 2. The van der Waals surface area contributed by atoms with Gasteiger partial charge in [0.05, 0.1) is 15.9 Å². The van der Waals surface area contributed by atoms with Gasteiger partial charge in [0.25, 0.3) is 0 Å². The standard InChI is InChI=1S/C24H27FN4O2S/c1-16(2)23(31)27-24-26-19-9-7-17(15-21(19)32-24)8-10-22(30)29-13-11-28(12-14-29)20-6-4-3-5-18(20)25/h3-7,9,15-16H,8,10-14H2,1-2H3,(H,26,27,31). The number of hydrogen-bond donors (Lipinski definition) is 1. The van der Waals surface area contributed by atoms with E-state index < -0.39 is 0 Å². The third-order valence-corrected chi connectivity index (χ3v) is 6.59. The molecule has 2 aromatic carbocycles. The molecule has 0 radical (unpaired) electrons. The van der Waals surface area contributed by atoms with Crippen LogP contribution in [0.5, 0.6) is 0 Å². The van der Waals surface area contributed by atoms with Gasteiger partial charge in [-0.3, -0.25) is 9.59 Å². The molecule has 32 heavy (non-hydrogen) atoms. The maximum Gasteiger partial charge on any atom is 0.228 e. The number of hydrogen-bond acceptors (Lipinski definition) is 5. The van der Waals surface area contributed by atoms with E-state index in [1.54, 1.807) is 12.1 Å². The highest BCUT2D eigenvalue weighted by Gasteiger charge is 2.22. The number of para-hydroxylation sites is 1. The lowest BCUT2D eigenvalue weighted by atomic mass is 10.1. The zero-order valence-electron chi connectivity index (χ0n) is 18.3. The molecule has 0 unspecified atom stereocenters. The quantitative estimate of drug-likeness (QED) is 0.603. The van der Waals surface area contributed by atoms with Gasteiger partial charge in [-0.05, 0) is 36.2 Å². The number of benzene rings is 2. The number of nitrogens with zero attached hydrogens (tertiary/aromatic N) is 3. The molecule has 2 amide bonds. The van der Waals surface area contributed by atoms with Gasteiger partial charge in [-0.25, -0.2) is 9.37 Å². The van der Waals surface area contributed by atoms with E-state index >= 15 is 0 Å². The lowest BCUT2D eigenvalue weighted by Crippen LogP contribution is -2.49. The van der Waals surface area contributed by atoms with Gasteiger partial charge in [-0.2, -0.15) is 0 Å². The van der Waals surface area contributed by atoms with Gasteiger partial charge in [-0.1, -0.05) is 43.4 Å². The number of piperazine rings is 1. The average molecular weight is 455 g/mol. The molecule has 2 heterocycles. The average Bonchev–Trinajstić information content (AvgIpc) is 3.19. The maximum absolute atomic E-state index is 14.0. The minimum absolute atomic E-state index is 0.0509. The Kier molecular flexibility index (Phi) is 6.69. The van der Waals surface area contributed by atoms with Crippen molar-refractivity contribution in [2.45, 2.75) is 26.7 Å². The van der Waals surface area contributed by atoms with Gasteiger partial charge in [0.2, 0.25) is 11.8 Å². The zero-order chi connectivity index (χ0) is 22.7. The molecule has 168 valence electrons. The summed E-state index contributed by atoms with van der Waals surface area (Å²) >= 11 is 1.44. The van der Waals surface area contributed by atoms with Gasteiger partial charge in [0.15, 0.2) is 5.13 Å². The van der Waals surface area contributed by atoms with Crippen LogP contribution in [0.25, 0.3) is 10.2 Å². The molecule has 3 aromatic rings. The number of rotatable bonds is 6. The summed E-state index contributed by atoms with van der Waals surface area (Å²) < 4.78 is 15.0. The normalized spacial score (nSPS) is 14.2. The van der Waals surface area contributed by atoms with Gasteiger partial charge < -0.3 is 15.1 Å². The Morgan fingerprint density at radius 1 is 1.12 bits per heavy atom. The molecular weight excluding hydrogens is 427 g/mol. The molecule has 0 saturated carbocycles. The molecule has 0 bridgehead atoms. The first kappa shape index (κ1) is 22.2. The number of halogens is 1. The highest BCUT2D eigenvalue weighted by molar-refractivity contribution is 7.22. The Bertz CT molecular complexity index is 1120. The number of thiazole rings is 1. The molecule has 8 heteroatoms. The molecule has 1 saturated heterocycles. The number of carbonyl (C=O) groups excluding carboxylic acids is 2. The fraction of sp³-hybridized carbons (Fsp3) is 0.375. The van der Waals surface area contributed by atoms with Crippen LogP contribution < -0.4 is 10.2 Å². The van der Waals surface area contributed by atoms with Gasteiger partial charge in [0, 0.05) is 38.5 Å². The van der Waals surface area contributed by atoms with Crippen molar-refractivity contribution in [3.05, 3.63) is 53.8 Å². The van der Waals surface area contributed by atoms with E-state index in [0.717, 1.165) is 15.8 Å². The van der Waals surface area contributed by atoms with E-state index in [0.29, 0.717) is 49.8 Å². The number of aryl methyl sites for hydroxylation is 1. The molecule has 6 nitrogen and oxygen atoms in total. The Labute approximate surface area is 191 Å². The third kappa shape index (κ3) is 5.07. The largest absolute Gasteiger partial charge is 0.366 e. The number of anilines is 2. The Morgan fingerprint density at radius 2 is 1.88 bits per heavy atom. The van der Waals surface area contributed by atoms with Crippen LogP contribution in [0.1, 0.15) is 25.8 Å². The van der Waals surface area contributed by atoms with E-state index in [-0.39, 0.29) is 23.5 Å². The molecule has 1 aromatic heterocycles. The molecular formula is C24H27FN4O2S. The van der Waals surface area contributed by atoms with Gasteiger partial charge in [0.1, 0.15) is 5.82 Å². The van der Waals surface area contributed by atoms with Crippen LogP contribution in [0.3, 0.4) is 0 Å². The molecule has 1 fully saturated rings. The Morgan fingerprint density at radius 3 is 2.59 bits per heavy atom. The van der Waals surface area contributed by atoms with Crippen molar-refractivity contribution in [1.29, 1.82) is 0 Å². The summed E-state index contributed by atoms with van der Waals surface area (Å²) in [5, 5.41) is 3.44. The van der Waals surface area contributed by atoms with E-state index in [4.69, 9.17) is 0 Å². The smallest absolute Gasteiger partial charge is 0.228 e. The summed E-state index contributed by atoms with van der Waals surface area (Å²) in [6.07, 6.45) is 1.08. The molecule has 1 N–H and O–H groups in total. The van der Waals surface area contributed by atoms with Crippen molar-refractivity contribution in [2.24, 2.45) is 5.92 Å². The van der Waals surface area contributed by atoms with E-state index in [1.165, 1.54) is 17.4 Å². The summed E-state index contributed by atoms with van der Waals surface area (Å²) in [6, 6.07) is 12.7. The second-order valence-electron chi connectivity index (χ2n) is 8.28. The van der Waals surface area contributed by atoms with Crippen molar-refractivity contribution in [3.63, 3.8) is 0 Å². The summed E-state index contributed by atoms with van der Waals surface area (Å²) in [7, 11) is 0.